The van der Waals surface area contributed by atoms with E-state index in [2.05, 4.69) is 0 Å². The van der Waals surface area contributed by atoms with Gasteiger partial charge in [-0.05, 0) is 46.2 Å². The molecule has 0 spiro atoms. The minimum absolute atomic E-state index is 0.261. The van der Waals surface area contributed by atoms with Crippen molar-refractivity contribution in [2.75, 3.05) is 11.5 Å². The molecule has 0 aromatic heterocycles. The maximum absolute atomic E-state index is 13.9. The van der Waals surface area contributed by atoms with Crippen molar-refractivity contribution >= 4 is 22.1 Å². The van der Waals surface area contributed by atoms with Crippen LogP contribution in [0.4, 0.5) is 64.1 Å². The molecular formula is C26H14F12N2. The summed E-state index contributed by atoms with van der Waals surface area (Å²) >= 11 is 0. The van der Waals surface area contributed by atoms with Crippen molar-refractivity contribution in [2.45, 2.75) is 24.7 Å². The van der Waals surface area contributed by atoms with Crippen LogP contribution in [0.1, 0.15) is 22.3 Å². The number of rotatable bonds is 2. The molecule has 0 saturated carbocycles. The quantitative estimate of drug-likeness (QED) is 0.183. The lowest BCUT2D eigenvalue weighted by atomic mass is 9.85. The summed E-state index contributed by atoms with van der Waals surface area (Å²) in [5, 5.41) is -0.947. The second-order valence-corrected chi connectivity index (χ2v) is 8.68. The predicted molar refractivity (Wildman–Crippen MR) is 124 cm³/mol. The molecule has 0 heterocycles. The molecule has 0 saturated heterocycles. The lowest BCUT2D eigenvalue weighted by Crippen LogP contribution is -2.16. The van der Waals surface area contributed by atoms with Gasteiger partial charge in [0.1, 0.15) is 0 Å². The SMILES string of the molecule is Nc1cc(C(F)(F)F)c(-c2cccc3c(-c4c(C(F)(F)F)cc(N)cc4C(F)(F)F)cccc23)c(C(F)(F)F)c1. The Morgan fingerprint density at radius 3 is 0.875 bits per heavy atom. The minimum Gasteiger partial charge on any atom is -0.399 e. The second-order valence-electron chi connectivity index (χ2n) is 8.68. The summed E-state index contributed by atoms with van der Waals surface area (Å²) < 4.78 is 167. The number of anilines is 2. The van der Waals surface area contributed by atoms with E-state index in [-0.39, 0.29) is 24.3 Å². The van der Waals surface area contributed by atoms with E-state index >= 15 is 0 Å². The standard InChI is InChI=1S/C26H14F12N2/c27-23(28,29)17-7-11(39)8-18(24(30,31)32)21(17)15-5-1-3-13-14(15)4-2-6-16(13)22-19(25(33,34)35)9-12(40)10-20(22)26(36,37)38/h1-10H,39-40H2. The Balaban J connectivity index is 2.20. The van der Waals surface area contributed by atoms with Gasteiger partial charge in [-0.25, -0.2) is 0 Å². The highest BCUT2D eigenvalue weighted by molar-refractivity contribution is 6.06. The van der Waals surface area contributed by atoms with E-state index in [4.69, 9.17) is 11.5 Å². The number of fused-ring (bicyclic) bond motifs is 1. The number of hydrogen-bond donors (Lipinski definition) is 2. The lowest BCUT2D eigenvalue weighted by Gasteiger charge is -2.23. The van der Waals surface area contributed by atoms with Crippen LogP contribution in [-0.4, -0.2) is 0 Å². The van der Waals surface area contributed by atoms with Gasteiger partial charge in [0.25, 0.3) is 0 Å². The fourth-order valence-corrected chi connectivity index (χ4v) is 4.55. The molecule has 40 heavy (non-hydrogen) atoms. The van der Waals surface area contributed by atoms with Gasteiger partial charge in [0.05, 0.1) is 22.3 Å². The van der Waals surface area contributed by atoms with Crippen molar-refractivity contribution in [3.63, 3.8) is 0 Å². The van der Waals surface area contributed by atoms with E-state index in [1.807, 2.05) is 0 Å². The number of nitrogen functional groups attached to an aromatic ring is 2. The number of hydrogen-bond acceptors (Lipinski definition) is 2. The van der Waals surface area contributed by atoms with Crippen molar-refractivity contribution in [1.82, 2.24) is 0 Å². The fraction of sp³-hybridized carbons (Fsp3) is 0.154. The predicted octanol–water partition coefficient (Wildman–Crippen LogP) is 9.41. The molecule has 2 nitrogen and oxygen atoms in total. The van der Waals surface area contributed by atoms with Crippen molar-refractivity contribution in [2.24, 2.45) is 0 Å². The van der Waals surface area contributed by atoms with Crippen LogP contribution < -0.4 is 11.5 Å². The summed E-state index contributed by atoms with van der Waals surface area (Å²) in [6, 6.07) is 6.57. The first-order chi connectivity index (χ1) is 18.2. The molecule has 0 atom stereocenters. The molecule has 4 N–H and O–H groups in total. The Kier molecular flexibility index (Phi) is 6.67. The highest BCUT2D eigenvalue weighted by atomic mass is 19.4. The molecule has 0 radical (unpaired) electrons. The summed E-state index contributed by atoms with van der Waals surface area (Å²) in [4.78, 5) is 0. The van der Waals surface area contributed by atoms with Crippen molar-refractivity contribution < 1.29 is 52.7 Å². The first kappa shape index (κ1) is 28.9. The van der Waals surface area contributed by atoms with Gasteiger partial charge in [-0.3, -0.25) is 0 Å². The van der Waals surface area contributed by atoms with Crippen LogP contribution in [0, 0.1) is 0 Å². The van der Waals surface area contributed by atoms with Crippen molar-refractivity contribution in [3.8, 4) is 22.3 Å². The molecule has 4 aromatic carbocycles. The third-order valence-corrected chi connectivity index (χ3v) is 6.00. The van der Waals surface area contributed by atoms with Crippen LogP contribution in [0.5, 0.6) is 0 Å². The summed E-state index contributed by atoms with van der Waals surface area (Å²) in [7, 11) is 0. The lowest BCUT2D eigenvalue weighted by molar-refractivity contribution is -0.143. The van der Waals surface area contributed by atoms with Gasteiger partial charge in [0.15, 0.2) is 0 Å². The van der Waals surface area contributed by atoms with Crippen molar-refractivity contribution in [3.05, 3.63) is 82.9 Å². The number of halogens is 12. The molecule has 0 fully saturated rings. The van der Waals surface area contributed by atoms with Crippen LogP contribution in [0.25, 0.3) is 33.0 Å². The van der Waals surface area contributed by atoms with Crippen LogP contribution >= 0.6 is 0 Å². The minimum atomic E-state index is -5.37. The van der Waals surface area contributed by atoms with E-state index < -0.39 is 91.4 Å². The highest BCUT2D eigenvalue weighted by Gasteiger charge is 2.44. The van der Waals surface area contributed by atoms with E-state index in [0.717, 1.165) is 36.4 Å². The molecular weight excluding hydrogens is 568 g/mol. The van der Waals surface area contributed by atoms with Gasteiger partial charge in [0, 0.05) is 22.5 Å². The van der Waals surface area contributed by atoms with E-state index in [1.54, 1.807) is 0 Å². The number of alkyl halides is 12. The second kappa shape index (κ2) is 9.24. The monoisotopic (exact) mass is 582 g/mol. The first-order valence-electron chi connectivity index (χ1n) is 10.9. The van der Waals surface area contributed by atoms with E-state index in [1.165, 1.54) is 0 Å². The third-order valence-electron chi connectivity index (χ3n) is 6.00. The zero-order valence-electron chi connectivity index (χ0n) is 19.5. The molecule has 212 valence electrons. The molecule has 4 rings (SSSR count). The van der Waals surface area contributed by atoms with Crippen LogP contribution in [0.2, 0.25) is 0 Å². The smallest absolute Gasteiger partial charge is 0.399 e. The molecule has 0 aliphatic carbocycles. The topological polar surface area (TPSA) is 52.0 Å². The third kappa shape index (κ3) is 5.21. The Morgan fingerprint density at radius 2 is 0.650 bits per heavy atom. The van der Waals surface area contributed by atoms with Gasteiger partial charge in [-0.15, -0.1) is 0 Å². The van der Waals surface area contributed by atoms with Gasteiger partial charge in [-0.1, -0.05) is 36.4 Å². The average molecular weight is 582 g/mol. The highest BCUT2D eigenvalue weighted by Crippen LogP contribution is 2.50. The summed E-state index contributed by atoms with van der Waals surface area (Å²) in [5.41, 5.74) is -2.53. The Hall–Kier alpha value is -4.10. The number of benzene rings is 4. The maximum Gasteiger partial charge on any atom is 0.417 e. The zero-order valence-corrected chi connectivity index (χ0v) is 19.5. The van der Waals surface area contributed by atoms with Gasteiger partial charge in [-0.2, -0.15) is 52.7 Å². The first-order valence-corrected chi connectivity index (χ1v) is 10.9. The summed E-state index contributed by atoms with van der Waals surface area (Å²) in [6.07, 6.45) is -21.5. The largest absolute Gasteiger partial charge is 0.417 e. The zero-order chi connectivity index (χ0) is 30.0. The molecule has 4 aromatic rings. The van der Waals surface area contributed by atoms with Gasteiger partial charge < -0.3 is 11.5 Å². The summed E-state index contributed by atoms with van der Waals surface area (Å²) in [6.45, 7) is 0. The Labute approximate surface area is 216 Å². The fourth-order valence-electron chi connectivity index (χ4n) is 4.55. The molecule has 0 bridgehead atoms. The molecule has 0 amide bonds. The van der Waals surface area contributed by atoms with Crippen LogP contribution in [0.3, 0.4) is 0 Å². The maximum atomic E-state index is 13.9. The van der Waals surface area contributed by atoms with Crippen molar-refractivity contribution in [1.29, 1.82) is 0 Å². The van der Waals surface area contributed by atoms with E-state index in [0.29, 0.717) is 0 Å². The van der Waals surface area contributed by atoms with Crippen LogP contribution in [-0.2, 0) is 24.7 Å². The van der Waals surface area contributed by atoms with Gasteiger partial charge >= 0.3 is 24.7 Å². The molecule has 0 aliphatic heterocycles. The van der Waals surface area contributed by atoms with Crippen LogP contribution in [0.15, 0.2) is 60.7 Å². The van der Waals surface area contributed by atoms with E-state index in [9.17, 15) is 52.7 Å². The molecule has 0 unspecified atom stereocenters. The average Bonchev–Trinajstić information content (AvgIpc) is 2.80. The Morgan fingerprint density at radius 1 is 0.400 bits per heavy atom. The summed E-state index contributed by atoms with van der Waals surface area (Å²) in [5.74, 6) is 0. The molecule has 0 aliphatic rings. The Bertz CT molecular complexity index is 1420. The normalized spacial score (nSPS) is 13.2. The van der Waals surface area contributed by atoms with Gasteiger partial charge in [0.2, 0.25) is 0 Å². The number of nitrogens with two attached hydrogens (primary N) is 2. The molecule has 14 heteroatoms.